The van der Waals surface area contributed by atoms with Gasteiger partial charge in [0.15, 0.2) is 0 Å². The number of likely N-dealkylation sites (N-methyl/N-ethyl adjacent to an activating group) is 1. The lowest BCUT2D eigenvalue weighted by Crippen LogP contribution is -2.30. The van der Waals surface area contributed by atoms with Crippen LogP contribution in [0, 0.1) is 0 Å². The smallest absolute Gasteiger partial charge is 0.132 e. The van der Waals surface area contributed by atoms with Gasteiger partial charge in [0.1, 0.15) is 7.80 Å². The second-order valence-electron chi connectivity index (χ2n) is 8.04. The largest absolute Gasteiger partial charge is 0.317 e. The summed E-state index contributed by atoms with van der Waals surface area (Å²) in [6, 6.07) is 29.9. The highest BCUT2D eigenvalue weighted by Gasteiger charge is 2.26. The first-order chi connectivity index (χ1) is 15.1. The van der Waals surface area contributed by atoms with Crippen molar-refractivity contribution < 1.29 is 4.57 Å². The Kier molecular flexibility index (Phi) is 7.03. The van der Waals surface area contributed by atoms with Crippen molar-refractivity contribution in [2.75, 3.05) is 14.1 Å². The molecule has 0 fully saturated rings. The van der Waals surface area contributed by atoms with E-state index in [1.165, 1.54) is 21.5 Å². The average molecular weight is 445 g/mol. The molecule has 0 aromatic heterocycles. The number of allylic oxidation sites excluding steroid dienone is 3. The minimum absolute atomic E-state index is 0.274. The highest BCUT2D eigenvalue weighted by Crippen LogP contribution is 2.43. The molecule has 0 unspecified atom stereocenters. The zero-order chi connectivity index (χ0) is 21.8. The Morgan fingerprint density at radius 2 is 1.39 bits per heavy atom. The highest BCUT2D eigenvalue weighted by atomic mass is 31.1. The predicted octanol–water partition coefficient (Wildman–Crippen LogP) is 4.79. The maximum Gasteiger partial charge on any atom is 0.132 e. The maximum absolute atomic E-state index is 14.0. The predicted molar refractivity (Wildman–Crippen MR) is 138 cm³/mol. The van der Waals surface area contributed by atoms with Crippen molar-refractivity contribution in [2.45, 2.75) is 19.4 Å². The molecule has 0 heterocycles. The lowest BCUT2D eigenvalue weighted by Gasteiger charge is -2.24. The molecule has 0 N–H and O–H groups in total. The lowest BCUT2D eigenvalue weighted by atomic mass is 10.1. The molecule has 1 aliphatic carbocycles. The Labute approximate surface area is 187 Å². The van der Waals surface area contributed by atoms with Gasteiger partial charge in [-0.3, -0.25) is 0 Å². The molecule has 0 bridgehead atoms. The molecule has 0 saturated carbocycles. The van der Waals surface area contributed by atoms with Gasteiger partial charge in [0.25, 0.3) is 0 Å². The minimum Gasteiger partial charge on any atom is -0.317 e. The van der Waals surface area contributed by atoms with Crippen LogP contribution in [0.15, 0.2) is 108 Å². The van der Waals surface area contributed by atoms with E-state index in [0.29, 0.717) is 0 Å². The van der Waals surface area contributed by atoms with E-state index in [1.54, 1.807) is 0 Å². The molecule has 4 rings (SSSR count). The van der Waals surface area contributed by atoms with E-state index in [1.807, 2.05) is 6.07 Å². The van der Waals surface area contributed by atoms with E-state index in [2.05, 4.69) is 117 Å². The summed E-state index contributed by atoms with van der Waals surface area (Å²) in [4.78, 5) is 2.20. The first-order valence-corrected chi connectivity index (χ1v) is 13.4. The van der Waals surface area contributed by atoms with Gasteiger partial charge < -0.3 is 9.46 Å². The fraction of sp³-hybridized carbons (Fsp3) is 0.185. The van der Waals surface area contributed by atoms with Gasteiger partial charge in [-0.15, -0.1) is 0 Å². The molecule has 3 aromatic carbocycles. The molecule has 3 aromatic rings. The topological polar surface area (TPSA) is 20.3 Å². The molecule has 31 heavy (non-hydrogen) atoms. The number of benzene rings is 3. The monoisotopic (exact) mass is 445 g/mol. The summed E-state index contributed by atoms with van der Waals surface area (Å²) < 4.78 is 14.0. The van der Waals surface area contributed by atoms with Crippen molar-refractivity contribution in [1.29, 1.82) is 0 Å². The third-order valence-electron chi connectivity index (χ3n) is 5.91. The SMILES string of the molecule is C[C@@H](C1=C([P@H](=O)c2ccccc2P(c2ccccc2)c2ccccc2)C=CC1)N(C)C. The van der Waals surface area contributed by atoms with Crippen LogP contribution in [0.3, 0.4) is 0 Å². The van der Waals surface area contributed by atoms with Crippen LogP contribution in [-0.2, 0) is 4.57 Å². The van der Waals surface area contributed by atoms with Crippen molar-refractivity contribution >= 4 is 36.9 Å². The summed E-state index contributed by atoms with van der Waals surface area (Å²) >= 11 is 0. The van der Waals surface area contributed by atoms with Crippen molar-refractivity contribution in [1.82, 2.24) is 4.90 Å². The minimum atomic E-state index is -2.13. The van der Waals surface area contributed by atoms with Crippen LogP contribution in [0.2, 0.25) is 0 Å². The Morgan fingerprint density at radius 3 is 1.97 bits per heavy atom. The first-order valence-electron chi connectivity index (χ1n) is 10.7. The van der Waals surface area contributed by atoms with Crippen LogP contribution in [0.5, 0.6) is 0 Å². The summed E-state index contributed by atoms with van der Waals surface area (Å²) in [5.41, 5.74) is 1.28. The molecule has 2 nitrogen and oxygen atoms in total. The van der Waals surface area contributed by atoms with Gasteiger partial charge in [-0.2, -0.15) is 0 Å². The molecule has 2 atom stereocenters. The Balaban J connectivity index is 1.85. The average Bonchev–Trinajstić information content (AvgIpc) is 3.30. The van der Waals surface area contributed by atoms with E-state index in [0.717, 1.165) is 17.0 Å². The van der Waals surface area contributed by atoms with E-state index < -0.39 is 15.7 Å². The zero-order valence-electron chi connectivity index (χ0n) is 18.3. The zero-order valence-corrected chi connectivity index (χ0v) is 20.2. The Bertz CT molecular complexity index is 1080. The second-order valence-corrected chi connectivity index (χ2v) is 12.0. The molecular formula is C27H29NOP2. The van der Waals surface area contributed by atoms with Crippen molar-refractivity contribution in [3.8, 4) is 0 Å². The number of rotatable bonds is 7. The van der Waals surface area contributed by atoms with Gasteiger partial charge in [0.05, 0.1) is 0 Å². The van der Waals surface area contributed by atoms with Gasteiger partial charge in [0.2, 0.25) is 0 Å². The van der Waals surface area contributed by atoms with Crippen LogP contribution in [0.4, 0.5) is 0 Å². The first kappa shape index (κ1) is 22.0. The van der Waals surface area contributed by atoms with Gasteiger partial charge in [-0.1, -0.05) is 97.1 Å². The quantitative estimate of drug-likeness (QED) is 0.488. The van der Waals surface area contributed by atoms with E-state index >= 15 is 0 Å². The van der Waals surface area contributed by atoms with E-state index in [-0.39, 0.29) is 6.04 Å². The molecule has 158 valence electrons. The van der Waals surface area contributed by atoms with E-state index in [4.69, 9.17) is 0 Å². The summed E-state index contributed by atoms with van der Waals surface area (Å²) in [5, 5.41) is 5.79. The normalized spacial score (nSPS) is 15.6. The fourth-order valence-electron chi connectivity index (χ4n) is 4.04. The maximum atomic E-state index is 14.0. The van der Waals surface area contributed by atoms with Gasteiger partial charge in [-0.25, -0.2) is 0 Å². The van der Waals surface area contributed by atoms with Crippen molar-refractivity contribution in [2.24, 2.45) is 0 Å². The molecule has 0 radical (unpaired) electrons. The molecule has 1 aliphatic rings. The summed E-state index contributed by atoms with van der Waals surface area (Å²) in [7, 11) is 1.26. The summed E-state index contributed by atoms with van der Waals surface area (Å²) in [5.74, 6) is 0. The Hall–Kier alpha value is -2.24. The third kappa shape index (κ3) is 4.68. The van der Waals surface area contributed by atoms with Crippen LogP contribution in [-0.4, -0.2) is 25.0 Å². The van der Waals surface area contributed by atoms with Crippen molar-refractivity contribution in [3.63, 3.8) is 0 Å². The van der Waals surface area contributed by atoms with E-state index in [9.17, 15) is 4.57 Å². The molecule has 0 saturated heterocycles. The standard InChI is InChI=1S/C27H29NOP2/c1-21(28(2)3)24-17-12-20-25(24)31(29)27-19-11-10-18-26(27)30(22-13-6-4-7-14-22)23-15-8-5-9-16-23/h4-16,18-21,31H,17H2,1-3H3/t21-/m0/s1. The number of nitrogens with zero attached hydrogens (tertiary/aromatic N) is 1. The number of hydrogen-bond donors (Lipinski definition) is 0. The molecule has 0 spiro atoms. The van der Waals surface area contributed by atoms with Gasteiger partial charge >= 0.3 is 0 Å². The van der Waals surface area contributed by atoms with Crippen LogP contribution >= 0.6 is 15.7 Å². The molecule has 4 heteroatoms. The third-order valence-corrected chi connectivity index (χ3v) is 10.5. The lowest BCUT2D eigenvalue weighted by molar-refractivity contribution is 0.348. The van der Waals surface area contributed by atoms with Gasteiger partial charge in [0, 0.05) is 16.7 Å². The van der Waals surface area contributed by atoms with Crippen LogP contribution < -0.4 is 21.2 Å². The van der Waals surface area contributed by atoms with Gasteiger partial charge in [-0.05, 0) is 56.8 Å². The highest BCUT2D eigenvalue weighted by molar-refractivity contribution is 7.81. The fourth-order valence-corrected chi connectivity index (χ4v) is 8.75. The molecule has 0 aliphatic heterocycles. The Morgan fingerprint density at radius 1 is 0.839 bits per heavy atom. The summed E-state index contributed by atoms with van der Waals surface area (Å²) in [6.45, 7) is 2.20. The molecular weight excluding hydrogens is 416 g/mol. The second kappa shape index (κ2) is 9.92. The molecule has 0 amide bonds. The van der Waals surface area contributed by atoms with Crippen LogP contribution in [0.25, 0.3) is 0 Å². The van der Waals surface area contributed by atoms with Crippen LogP contribution in [0.1, 0.15) is 13.3 Å². The summed E-state index contributed by atoms with van der Waals surface area (Å²) in [6.07, 6.45) is 5.15. The number of hydrogen-bond acceptors (Lipinski definition) is 2. The van der Waals surface area contributed by atoms with Crippen molar-refractivity contribution in [3.05, 3.63) is 108 Å².